The zero-order valence-corrected chi connectivity index (χ0v) is 13.5. The van der Waals surface area contributed by atoms with E-state index in [1.54, 1.807) is 18.2 Å². The van der Waals surface area contributed by atoms with Gasteiger partial charge in [-0.1, -0.05) is 41.9 Å². The Morgan fingerprint density at radius 2 is 1.65 bits per heavy atom. The summed E-state index contributed by atoms with van der Waals surface area (Å²) in [6.07, 6.45) is 0.305. The summed E-state index contributed by atoms with van der Waals surface area (Å²) in [6, 6.07) is 14.1. The molecular formula is C18H18ClFN2O. The standard InChI is InChI=1S/C18H18ClFN2O/c19-15-6-2-1-5-14(15)13-18(23)22-11-9-21(10-12-22)17-8-4-3-7-16(17)20/h1-8H,9-13H2. The lowest BCUT2D eigenvalue weighted by Crippen LogP contribution is -2.49. The second-order valence-electron chi connectivity index (χ2n) is 5.59. The molecule has 0 saturated carbocycles. The second kappa shape index (κ2) is 7.01. The summed E-state index contributed by atoms with van der Waals surface area (Å²) in [5, 5.41) is 0.617. The molecule has 2 aromatic carbocycles. The first-order valence-corrected chi connectivity index (χ1v) is 8.03. The molecule has 0 spiro atoms. The number of amides is 1. The Balaban J connectivity index is 1.60. The predicted molar refractivity (Wildman–Crippen MR) is 90.3 cm³/mol. The highest BCUT2D eigenvalue weighted by molar-refractivity contribution is 6.31. The van der Waals surface area contributed by atoms with E-state index in [1.807, 2.05) is 34.1 Å². The van der Waals surface area contributed by atoms with E-state index in [2.05, 4.69) is 0 Å². The summed E-state index contributed by atoms with van der Waals surface area (Å²) in [6.45, 7) is 2.46. The molecule has 0 N–H and O–H groups in total. The lowest BCUT2D eigenvalue weighted by atomic mass is 10.1. The molecule has 3 nitrogen and oxygen atoms in total. The van der Waals surface area contributed by atoms with Gasteiger partial charge >= 0.3 is 0 Å². The minimum atomic E-state index is -0.219. The third-order valence-electron chi connectivity index (χ3n) is 4.13. The Hall–Kier alpha value is -2.07. The highest BCUT2D eigenvalue weighted by atomic mass is 35.5. The average molecular weight is 333 g/mol. The second-order valence-corrected chi connectivity index (χ2v) is 5.99. The van der Waals surface area contributed by atoms with Crippen LogP contribution < -0.4 is 4.90 Å². The molecule has 5 heteroatoms. The van der Waals surface area contributed by atoms with Crippen molar-refractivity contribution in [2.24, 2.45) is 0 Å². The lowest BCUT2D eigenvalue weighted by Gasteiger charge is -2.36. The van der Waals surface area contributed by atoms with Gasteiger partial charge in [0.15, 0.2) is 0 Å². The maximum atomic E-state index is 13.8. The van der Waals surface area contributed by atoms with E-state index < -0.39 is 0 Å². The van der Waals surface area contributed by atoms with E-state index >= 15 is 0 Å². The van der Waals surface area contributed by atoms with Gasteiger partial charge in [0.1, 0.15) is 5.82 Å². The number of anilines is 1. The van der Waals surface area contributed by atoms with Gasteiger partial charge in [-0.25, -0.2) is 4.39 Å². The fourth-order valence-electron chi connectivity index (χ4n) is 2.82. The highest BCUT2D eigenvalue weighted by Gasteiger charge is 2.23. The molecule has 0 aromatic heterocycles. The molecule has 2 aromatic rings. The Bertz CT molecular complexity index is 699. The van der Waals surface area contributed by atoms with Gasteiger partial charge in [0, 0.05) is 31.2 Å². The van der Waals surface area contributed by atoms with Crippen molar-refractivity contribution in [1.29, 1.82) is 0 Å². The zero-order chi connectivity index (χ0) is 16.2. The van der Waals surface area contributed by atoms with Gasteiger partial charge in [-0.2, -0.15) is 0 Å². The lowest BCUT2D eigenvalue weighted by molar-refractivity contribution is -0.130. The molecule has 0 aliphatic carbocycles. The molecule has 1 saturated heterocycles. The number of hydrogen-bond acceptors (Lipinski definition) is 2. The van der Waals surface area contributed by atoms with Crippen LogP contribution in [0.4, 0.5) is 10.1 Å². The van der Waals surface area contributed by atoms with Crippen LogP contribution in [0.2, 0.25) is 5.02 Å². The van der Waals surface area contributed by atoms with Crippen molar-refractivity contribution in [3.63, 3.8) is 0 Å². The van der Waals surface area contributed by atoms with Crippen LogP contribution in [0.15, 0.2) is 48.5 Å². The molecular weight excluding hydrogens is 315 g/mol. The van der Waals surface area contributed by atoms with Crippen LogP contribution in [0.5, 0.6) is 0 Å². The van der Waals surface area contributed by atoms with Crippen molar-refractivity contribution in [1.82, 2.24) is 4.90 Å². The number of carbonyl (C=O) groups is 1. The topological polar surface area (TPSA) is 23.6 Å². The Kier molecular flexibility index (Phi) is 4.82. The monoisotopic (exact) mass is 332 g/mol. The van der Waals surface area contributed by atoms with Crippen molar-refractivity contribution in [3.05, 3.63) is 64.9 Å². The third-order valence-corrected chi connectivity index (χ3v) is 4.49. The molecule has 1 fully saturated rings. The fourth-order valence-corrected chi connectivity index (χ4v) is 3.02. The molecule has 23 heavy (non-hydrogen) atoms. The van der Waals surface area contributed by atoms with Crippen LogP contribution in [0.1, 0.15) is 5.56 Å². The van der Waals surface area contributed by atoms with Crippen LogP contribution in [0, 0.1) is 5.82 Å². The van der Waals surface area contributed by atoms with Crippen LogP contribution in [-0.4, -0.2) is 37.0 Å². The Labute approximate surface area is 140 Å². The summed E-state index contributed by atoms with van der Waals surface area (Å²) in [5.74, 6) is -0.158. The number of nitrogens with zero attached hydrogens (tertiary/aromatic N) is 2. The average Bonchev–Trinajstić information content (AvgIpc) is 2.57. The number of piperazine rings is 1. The van der Waals surface area contributed by atoms with Crippen LogP contribution in [0.3, 0.4) is 0 Å². The molecule has 120 valence electrons. The van der Waals surface area contributed by atoms with Gasteiger partial charge in [-0.3, -0.25) is 4.79 Å². The minimum Gasteiger partial charge on any atom is -0.366 e. The summed E-state index contributed by atoms with van der Waals surface area (Å²) in [5.41, 5.74) is 1.45. The number of carbonyl (C=O) groups excluding carboxylic acids is 1. The van der Waals surface area contributed by atoms with Gasteiger partial charge in [0.2, 0.25) is 5.91 Å². The van der Waals surface area contributed by atoms with Crippen molar-refractivity contribution >= 4 is 23.2 Å². The molecule has 0 bridgehead atoms. The maximum absolute atomic E-state index is 13.8. The fraction of sp³-hybridized carbons (Fsp3) is 0.278. The first-order valence-electron chi connectivity index (χ1n) is 7.66. The predicted octanol–water partition coefficient (Wildman–Crippen LogP) is 3.37. The summed E-state index contributed by atoms with van der Waals surface area (Å²) in [7, 11) is 0. The molecule has 1 amide bonds. The largest absolute Gasteiger partial charge is 0.366 e. The summed E-state index contributed by atoms with van der Waals surface area (Å²) >= 11 is 6.11. The van der Waals surface area contributed by atoms with Crippen molar-refractivity contribution < 1.29 is 9.18 Å². The van der Waals surface area contributed by atoms with E-state index in [4.69, 9.17) is 11.6 Å². The number of hydrogen-bond donors (Lipinski definition) is 0. The SMILES string of the molecule is O=C(Cc1ccccc1Cl)N1CCN(c2ccccc2F)CC1. The Morgan fingerprint density at radius 1 is 1.00 bits per heavy atom. The van der Waals surface area contributed by atoms with E-state index in [0.717, 1.165) is 5.56 Å². The Morgan fingerprint density at radius 3 is 2.35 bits per heavy atom. The maximum Gasteiger partial charge on any atom is 0.227 e. The summed E-state index contributed by atoms with van der Waals surface area (Å²) < 4.78 is 13.8. The van der Waals surface area contributed by atoms with Gasteiger partial charge < -0.3 is 9.80 Å². The van der Waals surface area contributed by atoms with Crippen LogP contribution in [-0.2, 0) is 11.2 Å². The number of halogens is 2. The zero-order valence-electron chi connectivity index (χ0n) is 12.7. The quantitative estimate of drug-likeness (QED) is 0.860. The van der Waals surface area contributed by atoms with Gasteiger partial charge in [-0.05, 0) is 23.8 Å². The normalized spacial score (nSPS) is 14.9. The first-order chi connectivity index (χ1) is 11.1. The van der Waals surface area contributed by atoms with E-state index in [9.17, 15) is 9.18 Å². The number of para-hydroxylation sites is 1. The summed E-state index contributed by atoms with van der Waals surface area (Å²) in [4.78, 5) is 16.2. The van der Waals surface area contributed by atoms with Crippen LogP contribution in [0.25, 0.3) is 0 Å². The minimum absolute atomic E-state index is 0.0614. The van der Waals surface area contributed by atoms with Crippen LogP contribution >= 0.6 is 11.6 Å². The van der Waals surface area contributed by atoms with E-state index in [0.29, 0.717) is 43.3 Å². The third kappa shape index (κ3) is 3.64. The van der Waals surface area contributed by atoms with Crippen molar-refractivity contribution in [3.8, 4) is 0 Å². The van der Waals surface area contributed by atoms with Crippen molar-refractivity contribution in [2.45, 2.75) is 6.42 Å². The molecule has 1 aliphatic rings. The van der Waals surface area contributed by atoms with E-state index in [-0.39, 0.29) is 11.7 Å². The molecule has 0 radical (unpaired) electrons. The molecule has 1 aliphatic heterocycles. The van der Waals surface area contributed by atoms with Crippen molar-refractivity contribution in [2.75, 3.05) is 31.1 Å². The highest BCUT2D eigenvalue weighted by Crippen LogP contribution is 2.21. The molecule has 1 heterocycles. The number of rotatable bonds is 3. The first kappa shape index (κ1) is 15.8. The number of benzene rings is 2. The molecule has 0 unspecified atom stereocenters. The van der Waals surface area contributed by atoms with Gasteiger partial charge in [0.25, 0.3) is 0 Å². The molecule has 0 atom stereocenters. The van der Waals surface area contributed by atoms with Gasteiger partial charge in [-0.15, -0.1) is 0 Å². The van der Waals surface area contributed by atoms with E-state index in [1.165, 1.54) is 6.07 Å². The molecule has 3 rings (SSSR count). The van der Waals surface area contributed by atoms with Gasteiger partial charge in [0.05, 0.1) is 12.1 Å². The smallest absolute Gasteiger partial charge is 0.227 e.